The molecule has 0 aliphatic rings. The van der Waals surface area contributed by atoms with Gasteiger partial charge in [0.05, 0.1) is 5.02 Å². The molecule has 4 heteroatoms. The number of hydrogen-bond donors (Lipinski definition) is 1. The van der Waals surface area contributed by atoms with Gasteiger partial charge in [0.2, 0.25) is 0 Å². The molecule has 1 aromatic carbocycles. The molecule has 0 aliphatic heterocycles. The highest BCUT2D eigenvalue weighted by molar-refractivity contribution is 6.32. The molecule has 0 saturated carbocycles. The maximum Gasteiger partial charge on any atom is 0.254 e. The minimum absolute atomic E-state index is 0.0195. The first-order chi connectivity index (χ1) is 8.10. The molecule has 0 radical (unpaired) electrons. The average molecular weight is 254 g/mol. The topological polar surface area (TPSA) is 40.5 Å². The van der Waals surface area contributed by atoms with Gasteiger partial charge in [0, 0.05) is 18.7 Å². The van der Waals surface area contributed by atoms with Crippen molar-refractivity contribution in [3.8, 4) is 5.75 Å². The minimum atomic E-state index is -0.103. The van der Waals surface area contributed by atoms with Crippen LogP contribution < -0.4 is 0 Å². The molecule has 1 amide bonds. The number of rotatable bonds is 5. The first-order valence-electron chi connectivity index (χ1n) is 5.48. The smallest absolute Gasteiger partial charge is 0.254 e. The molecule has 0 bridgehead atoms. The fourth-order valence-corrected chi connectivity index (χ4v) is 1.70. The van der Waals surface area contributed by atoms with Gasteiger partial charge in [-0.25, -0.2) is 0 Å². The number of phenolic OH excluding ortho intramolecular Hbond substituents is 1. The lowest BCUT2D eigenvalue weighted by Gasteiger charge is -2.20. The van der Waals surface area contributed by atoms with Crippen LogP contribution in [0.1, 0.15) is 23.7 Å². The predicted octanol–water partition coefficient (Wildman–Crippen LogP) is 3.08. The van der Waals surface area contributed by atoms with Gasteiger partial charge in [0.25, 0.3) is 5.91 Å². The third-order valence-electron chi connectivity index (χ3n) is 2.32. The second-order valence-corrected chi connectivity index (χ2v) is 4.11. The zero-order valence-corrected chi connectivity index (χ0v) is 10.6. The van der Waals surface area contributed by atoms with Crippen LogP contribution in [0.15, 0.2) is 30.9 Å². The van der Waals surface area contributed by atoms with Crippen molar-refractivity contribution in [2.24, 2.45) is 0 Å². The van der Waals surface area contributed by atoms with Crippen molar-refractivity contribution in [1.82, 2.24) is 4.90 Å². The maximum atomic E-state index is 12.1. The van der Waals surface area contributed by atoms with E-state index in [-0.39, 0.29) is 16.7 Å². The highest BCUT2D eigenvalue weighted by Crippen LogP contribution is 2.24. The molecule has 3 nitrogen and oxygen atoms in total. The van der Waals surface area contributed by atoms with Gasteiger partial charge in [-0.2, -0.15) is 0 Å². The van der Waals surface area contributed by atoms with Gasteiger partial charge in [-0.05, 0) is 24.6 Å². The zero-order valence-electron chi connectivity index (χ0n) is 9.82. The third-order valence-corrected chi connectivity index (χ3v) is 2.63. The summed E-state index contributed by atoms with van der Waals surface area (Å²) in [4.78, 5) is 13.8. The van der Waals surface area contributed by atoms with Crippen molar-refractivity contribution < 1.29 is 9.90 Å². The molecule has 0 heterocycles. The number of hydrogen-bond acceptors (Lipinski definition) is 2. The van der Waals surface area contributed by atoms with E-state index in [1.54, 1.807) is 17.0 Å². The molecule has 0 unspecified atom stereocenters. The predicted molar refractivity (Wildman–Crippen MR) is 69.5 cm³/mol. The molecule has 0 saturated heterocycles. The molecule has 1 rings (SSSR count). The van der Waals surface area contributed by atoms with Crippen LogP contribution >= 0.6 is 11.6 Å². The first-order valence-corrected chi connectivity index (χ1v) is 5.86. The molecule has 92 valence electrons. The van der Waals surface area contributed by atoms with E-state index in [2.05, 4.69) is 6.58 Å². The summed E-state index contributed by atoms with van der Waals surface area (Å²) in [7, 11) is 0. The largest absolute Gasteiger partial charge is 0.506 e. The van der Waals surface area contributed by atoms with E-state index in [9.17, 15) is 9.90 Å². The molecule has 1 N–H and O–H groups in total. The van der Waals surface area contributed by atoms with E-state index in [0.717, 1.165) is 6.42 Å². The normalized spacial score (nSPS) is 10.0. The van der Waals surface area contributed by atoms with Crippen molar-refractivity contribution >= 4 is 17.5 Å². The Kier molecular flexibility index (Phi) is 5.04. The van der Waals surface area contributed by atoms with Gasteiger partial charge in [-0.3, -0.25) is 4.79 Å². The van der Waals surface area contributed by atoms with Gasteiger partial charge >= 0.3 is 0 Å². The molecule has 0 aromatic heterocycles. The van der Waals surface area contributed by atoms with Crippen LogP contribution in [0.5, 0.6) is 5.75 Å². The van der Waals surface area contributed by atoms with Crippen LogP contribution in [0.25, 0.3) is 0 Å². The van der Waals surface area contributed by atoms with Gasteiger partial charge < -0.3 is 10.0 Å². The van der Waals surface area contributed by atoms with Gasteiger partial charge in [-0.15, -0.1) is 6.58 Å². The summed E-state index contributed by atoms with van der Waals surface area (Å²) in [5, 5.41) is 9.48. The van der Waals surface area contributed by atoms with Crippen LogP contribution in [0.3, 0.4) is 0 Å². The summed E-state index contributed by atoms with van der Waals surface area (Å²) >= 11 is 5.78. The van der Waals surface area contributed by atoms with Crippen molar-refractivity contribution in [2.75, 3.05) is 13.1 Å². The first kappa shape index (κ1) is 13.6. The molecular formula is C13H16ClNO2. The number of nitrogens with zero attached hydrogens (tertiary/aromatic N) is 1. The Morgan fingerprint density at radius 2 is 2.29 bits per heavy atom. The highest BCUT2D eigenvalue weighted by atomic mass is 35.5. The number of amides is 1. The number of aromatic hydroxyl groups is 1. The second-order valence-electron chi connectivity index (χ2n) is 3.71. The maximum absolute atomic E-state index is 12.1. The summed E-state index contributed by atoms with van der Waals surface area (Å²) in [6.45, 7) is 6.81. The Morgan fingerprint density at radius 1 is 1.59 bits per heavy atom. The van der Waals surface area contributed by atoms with Crippen LogP contribution in [-0.4, -0.2) is 29.0 Å². The Labute approximate surface area is 106 Å². The molecule has 17 heavy (non-hydrogen) atoms. The fraction of sp³-hybridized carbons (Fsp3) is 0.308. The lowest BCUT2D eigenvalue weighted by atomic mass is 10.2. The molecule has 0 aliphatic carbocycles. The third kappa shape index (κ3) is 3.49. The summed E-state index contributed by atoms with van der Waals surface area (Å²) in [6.07, 6.45) is 2.57. The van der Waals surface area contributed by atoms with E-state index in [1.807, 2.05) is 6.92 Å². The van der Waals surface area contributed by atoms with Crippen LogP contribution in [0, 0.1) is 0 Å². The standard InChI is InChI=1S/C13H16ClNO2/c1-3-7-15(8-4-2)13(17)10-5-6-12(16)11(14)9-10/h3,5-6,9,16H,1,4,7-8H2,2H3. The average Bonchev–Trinajstić information content (AvgIpc) is 2.31. The number of halogens is 1. The zero-order chi connectivity index (χ0) is 12.8. The van der Waals surface area contributed by atoms with E-state index in [4.69, 9.17) is 11.6 Å². The van der Waals surface area contributed by atoms with Crippen molar-refractivity contribution in [3.63, 3.8) is 0 Å². The summed E-state index contributed by atoms with van der Waals surface area (Å²) < 4.78 is 0. The van der Waals surface area contributed by atoms with E-state index < -0.39 is 0 Å². The molecule has 0 atom stereocenters. The number of benzene rings is 1. The summed E-state index contributed by atoms with van der Waals surface area (Å²) in [6, 6.07) is 4.47. The molecule has 0 spiro atoms. The summed E-state index contributed by atoms with van der Waals surface area (Å²) in [5.41, 5.74) is 0.475. The van der Waals surface area contributed by atoms with Crippen molar-refractivity contribution in [1.29, 1.82) is 0 Å². The lowest BCUT2D eigenvalue weighted by Crippen LogP contribution is -2.31. The Bertz CT molecular complexity index is 418. The Balaban J connectivity index is 2.92. The van der Waals surface area contributed by atoms with E-state index in [0.29, 0.717) is 18.7 Å². The van der Waals surface area contributed by atoms with Gasteiger partial charge in [0.15, 0.2) is 0 Å². The summed E-state index contributed by atoms with van der Waals surface area (Å²) in [5.74, 6) is -0.123. The van der Waals surface area contributed by atoms with Crippen LogP contribution in [-0.2, 0) is 0 Å². The van der Waals surface area contributed by atoms with E-state index in [1.165, 1.54) is 12.1 Å². The highest BCUT2D eigenvalue weighted by Gasteiger charge is 2.14. The molecular weight excluding hydrogens is 238 g/mol. The minimum Gasteiger partial charge on any atom is -0.506 e. The van der Waals surface area contributed by atoms with E-state index >= 15 is 0 Å². The SMILES string of the molecule is C=CCN(CCC)C(=O)c1ccc(O)c(Cl)c1. The quantitative estimate of drug-likeness (QED) is 0.820. The van der Waals surface area contributed by atoms with Crippen LogP contribution in [0.2, 0.25) is 5.02 Å². The monoisotopic (exact) mass is 253 g/mol. The Morgan fingerprint density at radius 3 is 2.82 bits per heavy atom. The number of phenols is 1. The number of carbonyl (C=O) groups is 1. The lowest BCUT2D eigenvalue weighted by molar-refractivity contribution is 0.0774. The number of carbonyl (C=O) groups excluding carboxylic acids is 1. The fourth-order valence-electron chi connectivity index (χ4n) is 1.52. The van der Waals surface area contributed by atoms with Crippen LogP contribution in [0.4, 0.5) is 0 Å². The van der Waals surface area contributed by atoms with Crippen molar-refractivity contribution in [3.05, 3.63) is 41.4 Å². The Hall–Kier alpha value is -1.48. The van der Waals surface area contributed by atoms with Gasteiger partial charge in [0.1, 0.15) is 5.75 Å². The molecule has 0 fully saturated rings. The van der Waals surface area contributed by atoms with Crippen molar-refractivity contribution in [2.45, 2.75) is 13.3 Å². The van der Waals surface area contributed by atoms with Gasteiger partial charge in [-0.1, -0.05) is 24.6 Å². The molecule has 1 aromatic rings. The second kappa shape index (κ2) is 6.30.